The molecule has 4 rings (SSSR count). The van der Waals surface area contributed by atoms with Gasteiger partial charge in [-0.2, -0.15) is 4.98 Å². The van der Waals surface area contributed by atoms with E-state index < -0.39 is 23.7 Å². The topological polar surface area (TPSA) is 114 Å². The highest BCUT2D eigenvalue weighted by atomic mass is 32.2. The van der Waals surface area contributed by atoms with Gasteiger partial charge in [0.05, 0.1) is 21.8 Å². The maximum Gasteiger partial charge on any atom is 0.350 e. The summed E-state index contributed by atoms with van der Waals surface area (Å²) in [5.41, 5.74) is 5.96. The molecule has 2 heterocycles. The van der Waals surface area contributed by atoms with Crippen molar-refractivity contribution in [2.45, 2.75) is 23.1 Å². The molecule has 1 aromatic heterocycles. The van der Waals surface area contributed by atoms with Crippen molar-refractivity contribution in [3.63, 3.8) is 0 Å². The Morgan fingerprint density at radius 2 is 1.62 bits per heavy atom. The number of benzene rings is 2. The fourth-order valence-corrected chi connectivity index (χ4v) is 4.87. The number of anilines is 1. The standard InChI is InChI=1S/C23H21N3O5S/c24-19-11-12-26(23(29)25-19)20-13-17(31-22(28)16-9-5-2-6-10-16)18(32-20)14-30-21(27)15-7-3-1-4-8-15/h1-12,17-18,20H,13-14H2,(H2,24,25,29)/t17-,18+,20?/m1/s1. The highest BCUT2D eigenvalue weighted by Gasteiger charge is 2.40. The second kappa shape index (κ2) is 9.69. The van der Waals surface area contributed by atoms with E-state index >= 15 is 0 Å². The molecular formula is C23H21N3O5S. The minimum absolute atomic E-state index is 0.0266. The van der Waals surface area contributed by atoms with Crippen LogP contribution in [0, 0.1) is 0 Å². The zero-order valence-electron chi connectivity index (χ0n) is 17.0. The van der Waals surface area contributed by atoms with Crippen molar-refractivity contribution in [3.8, 4) is 0 Å². The molecule has 1 saturated heterocycles. The van der Waals surface area contributed by atoms with Crippen LogP contribution in [-0.4, -0.2) is 39.5 Å². The number of nitrogens with zero attached hydrogens (tertiary/aromatic N) is 2. The van der Waals surface area contributed by atoms with Gasteiger partial charge in [0.1, 0.15) is 18.5 Å². The molecule has 0 spiro atoms. The molecule has 1 aliphatic rings. The second-order valence-corrected chi connectivity index (χ2v) is 8.60. The van der Waals surface area contributed by atoms with Crippen molar-refractivity contribution in [1.29, 1.82) is 0 Å². The van der Waals surface area contributed by atoms with E-state index in [1.54, 1.807) is 54.7 Å². The molecule has 2 N–H and O–H groups in total. The molecule has 1 aliphatic heterocycles. The third kappa shape index (κ3) is 5.00. The number of carbonyl (C=O) groups excluding carboxylic acids is 2. The number of esters is 2. The van der Waals surface area contributed by atoms with E-state index in [2.05, 4.69) is 4.98 Å². The van der Waals surface area contributed by atoms with Gasteiger partial charge >= 0.3 is 17.6 Å². The molecule has 32 heavy (non-hydrogen) atoms. The number of nitrogens with two attached hydrogens (primary N) is 1. The first-order valence-electron chi connectivity index (χ1n) is 9.99. The summed E-state index contributed by atoms with van der Waals surface area (Å²) in [4.78, 5) is 41.1. The maximum absolute atomic E-state index is 12.6. The van der Waals surface area contributed by atoms with Gasteiger partial charge in [0.25, 0.3) is 0 Å². The summed E-state index contributed by atoms with van der Waals surface area (Å²) >= 11 is 1.39. The molecule has 9 heteroatoms. The van der Waals surface area contributed by atoms with Crippen LogP contribution in [0.5, 0.6) is 0 Å². The Balaban J connectivity index is 1.50. The van der Waals surface area contributed by atoms with Gasteiger partial charge in [-0.1, -0.05) is 36.4 Å². The van der Waals surface area contributed by atoms with Crippen LogP contribution in [0.3, 0.4) is 0 Å². The number of ether oxygens (including phenoxy) is 2. The number of carbonyl (C=O) groups is 2. The van der Waals surface area contributed by atoms with Crippen LogP contribution in [-0.2, 0) is 9.47 Å². The Kier molecular flexibility index (Phi) is 6.55. The summed E-state index contributed by atoms with van der Waals surface area (Å²) in [6.07, 6.45) is 1.37. The summed E-state index contributed by atoms with van der Waals surface area (Å²) < 4.78 is 12.7. The lowest BCUT2D eigenvalue weighted by atomic mass is 10.1. The third-order valence-corrected chi connectivity index (χ3v) is 6.52. The van der Waals surface area contributed by atoms with E-state index in [1.165, 1.54) is 22.4 Å². The normalized spacial score (nSPS) is 19.9. The van der Waals surface area contributed by atoms with Crippen LogP contribution in [0.25, 0.3) is 0 Å². The molecule has 164 valence electrons. The van der Waals surface area contributed by atoms with Gasteiger partial charge in [-0.3, -0.25) is 4.57 Å². The number of thioether (sulfide) groups is 1. The first-order chi connectivity index (χ1) is 15.5. The largest absolute Gasteiger partial charge is 0.461 e. The molecule has 2 aromatic carbocycles. The fraction of sp³-hybridized carbons (Fsp3) is 0.217. The lowest BCUT2D eigenvalue weighted by Crippen LogP contribution is -2.30. The van der Waals surface area contributed by atoms with Gasteiger partial charge in [0.2, 0.25) is 0 Å². The summed E-state index contributed by atoms with van der Waals surface area (Å²) in [6, 6.07) is 18.8. The van der Waals surface area contributed by atoms with Crippen molar-refractivity contribution in [2.75, 3.05) is 12.3 Å². The van der Waals surface area contributed by atoms with Gasteiger partial charge in [-0.15, -0.1) is 11.8 Å². The molecule has 1 fully saturated rings. The van der Waals surface area contributed by atoms with Crippen molar-refractivity contribution < 1.29 is 19.1 Å². The predicted molar refractivity (Wildman–Crippen MR) is 120 cm³/mol. The van der Waals surface area contributed by atoms with Gasteiger partial charge in [-0.05, 0) is 30.3 Å². The number of hydrogen-bond donors (Lipinski definition) is 1. The molecule has 0 aliphatic carbocycles. The van der Waals surface area contributed by atoms with E-state index in [-0.39, 0.29) is 23.0 Å². The minimum Gasteiger partial charge on any atom is -0.461 e. The zero-order valence-corrected chi connectivity index (χ0v) is 17.8. The Morgan fingerprint density at radius 1 is 1.00 bits per heavy atom. The fourth-order valence-electron chi connectivity index (χ4n) is 3.39. The van der Waals surface area contributed by atoms with E-state index in [0.29, 0.717) is 17.5 Å². The smallest absolute Gasteiger partial charge is 0.350 e. The average molecular weight is 452 g/mol. The van der Waals surface area contributed by atoms with Crippen molar-refractivity contribution in [2.24, 2.45) is 0 Å². The summed E-state index contributed by atoms with van der Waals surface area (Å²) in [5, 5.41) is -0.700. The van der Waals surface area contributed by atoms with Crippen LogP contribution in [0.4, 0.5) is 5.82 Å². The number of hydrogen-bond acceptors (Lipinski definition) is 8. The quantitative estimate of drug-likeness (QED) is 0.569. The molecule has 8 nitrogen and oxygen atoms in total. The van der Waals surface area contributed by atoms with Gasteiger partial charge in [0, 0.05) is 12.6 Å². The molecular weight excluding hydrogens is 430 g/mol. The Morgan fingerprint density at radius 3 is 2.25 bits per heavy atom. The SMILES string of the molecule is Nc1ccn(C2C[C@@H](OC(=O)c3ccccc3)[C@H](COC(=O)c3ccccc3)S2)c(=O)n1. The van der Waals surface area contributed by atoms with Crippen LogP contribution >= 0.6 is 11.8 Å². The van der Waals surface area contributed by atoms with Crippen molar-refractivity contribution in [3.05, 3.63) is 94.5 Å². The molecule has 0 radical (unpaired) electrons. The van der Waals surface area contributed by atoms with Crippen LogP contribution in [0.1, 0.15) is 32.5 Å². The highest BCUT2D eigenvalue weighted by molar-refractivity contribution is 8.00. The first-order valence-corrected chi connectivity index (χ1v) is 10.9. The molecule has 0 saturated carbocycles. The molecule has 3 atom stereocenters. The zero-order chi connectivity index (χ0) is 22.5. The molecule has 0 amide bonds. The van der Waals surface area contributed by atoms with Crippen molar-refractivity contribution >= 4 is 29.5 Å². The monoisotopic (exact) mass is 451 g/mol. The Hall–Kier alpha value is -3.59. The average Bonchev–Trinajstić information content (AvgIpc) is 3.20. The Bertz CT molecular complexity index is 1150. The van der Waals surface area contributed by atoms with E-state index in [9.17, 15) is 14.4 Å². The second-order valence-electron chi connectivity index (χ2n) is 7.18. The third-order valence-electron chi connectivity index (χ3n) is 5.00. The highest BCUT2D eigenvalue weighted by Crippen LogP contribution is 2.42. The predicted octanol–water partition coefficient (Wildman–Crippen LogP) is 2.91. The number of aromatic nitrogens is 2. The van der Waals surface area contributed by atoms with Crippen LogP contribution < -0.4 is 11.4 Å². The van der Waals surface area contributed by atoms with E-state index in [4.69, 9.17) is 15.2 Å². The summed E-state index contributed by atoms with van der Waals surface area (Å²) in [6.45, 7) is 0.0266. The maximum atomic E-state index is 12.6. The minimum atomic E-state index is -0.564. The number of rotatable bonds is 6. The lowest BCUT2D eigenvalue weighted by Gasteiger charge is -2.19. The lowest BCUT2D eigenvalue weighted by molar-refractivity contribution is 0.0205. The molecule has 3 aromatic rings. The number of nitrogen functional groups attached to an aromatic ring is 1. The summed E-state index contributed by atoms with van der Waals surface area (Å²) in [7, 11) is 0. The van der Waals surface area contributed by atoms with Gasteiger partial charge in [0.15, 0.2) is 0 Å². The van der Waals surface area contributed by atoms with Crippen LogP contribution in [0.2, 0.25) is 0 Å². The van der Waals surface area contributed by atoms with E-state index in [1.807, 2.05) is 12.1 Å². The van der Waals surface area contributed by atoms with Crippen molar-refractivity contribution in [1.82, 2.24) is 9.55 Å². The molecule has 0 bridgehead atoms. The first kappa shape index (κ1) is 21.6. The molecule has 1 unspecified atom stereocenters. The van der Waals surface area contributed by atoms with Gasteiger partial charge in [-0.25, -0.2) is 14.4 Å². The Labute approximate surface area is 188 Å². The van der Waals surface area contributed by atoms with E-state index in [0.717, 1.165) is 0 Å². The van der Waals surface area contributed by atoms with Gasteiger partial charge < -0.3 is 15.2 Å². The van der Waals surface area contributed by atoms with Crippen LogP contribution in [0.15, 0.2) is 77.7 Å². The summed E-state index contributed by atoms with van der Waals surface area (Å²) in [5.74, 6) is -0.803.